The van der Waals surface area contributed by atoms with Crippen LogP contribution in [0.15, 0.2) is 48.7 Å². The van der Waals surface area contributed by atoms with Crippen molar-refractivity contribution >= 4 is 17.4 Å². The van der Waals surface area contributed by atoms with Crippen LogP contribution in [-0.4, -0.2) is 34.3 Å². The first kappa shape index (κ1) is 21.8. The van der Waals surface area contributed by atoms with Gasteiger partial charge in [0.1, 0.15) is 11.4 Å². The molecule has 31 heavy (non-hydrogen) atoms. The minimum atomic E-state index is -0.642. The number of benzene rings is 2. The molecule has 0 fully saturated rings. The highest BCUT2D eigenvalue weighted by Gasteiger charge is 2.25. The van der Waals surface area contributed by atoms with Crippen molar-refractivity contribution in [2.45, 2.75) is 26.8 Å². The molecule has 0 spiro atoms. The SMILES string of the molecule is CCOc1cc([N+](=O)[O-])c(C(=O)Nc2ccnn2Cc2ccc(CC)cc2)cc1OC. The number of nitrogens with zero attached hydrogens (tertiary/aromatic N) is 3. The lowest BCUT2D eigenvalue weighted by molar-refractivity contribution is -0.385. The van der Waals surface area contributed by atoms with Gasteiger partial charge in [-0.15, -0.1) is 0 Å². The monoisotopic (exact) mass is 424 g/mol. The van der Waals surface area contributed by atoms with Gasteiger partial charge in [-0.2, -0.15) is 5.10 Å². The predicted octanol–water partition coefficient (Wildman–Crippen LogP) is 4.06. The smallest absolute Gasteiger partial charge is 0.286 e. The van der Waals surface area contributed by atoms with Crippen LogP contribution in [0.5, 0.6) is 11.5 Å². The Morgan fingerprint density at radius 1 is 1.13 bits per heavy atom. The highest BCUT2D eigenvalue weighted by atomic mass is 16.6. The summed E-state index contributed by atoms with van der Waals surface area (Å²) in [6.07, 6.45) is 2.51. The number of nitrogens with one attached hydrogen (secondary N) is 1. The van der Waals surface area contributed by atoms with Crippen LogP contribution in [0.3, 0.4) is 0 Å². The van der Waals surface area contributed by atoms with E-state index in [1.807, 2.05) is 24.3 Å². The molecule has 0 bridgehead atoms. The summed E-state index contributed by atoms with van der Waals surface area (Å²) in [7, 11) is 1.41. The zero-order chi connectivity index (χ0) is 22.4. The standard InChI is InChI=1S/C22H24N4O5/c1-4-15-6-8-16(9-7-15)14-25-21(10-11-23-25)24-22(27)17-12-19(30-3)20(31-5-2)13-18(17)26(28)29/h6-13H,4-5,14H2,1-3H3,(H,24,27). The molecule has 1 amide bonds. The summed E-state index contributed by atoms with van der Waals surface area (Å²) in [5.74, 6) is 0.221. The Morgan fingerprint density at radius 2 is 1.84 bits per heavy atom. The minimum absolute atomic E-state index is 0.134. The second kappa shape index (κ2) is 9.75. The number of hydrogen-bond acceptors (Lipinski definition) is 6. The van der Waals surface area contributed by atoms with Crippen molar-refractivity contribution in [1.29, 1.82) is 0 Å². The highest BCUT2D eigenvalue weighted by Crippen LogP contribution is 2.35. The van der Waals surface area contributed by atoms with Gasteiger partial charge in [-0.1, -0.05) is 31.2 Å². The zero-order valence-electron chi connectivity index (χ0n) is 17.6. The molecular weight excluding hydrogens is 400 g/mol. The number of anilines is 1. The number of nitro benzene ring substituents is 1. The molecule has 9 heteroatoms. The molecule has 3 rings (SSSR count). The fourth-order valence-corrected chi connectivity index (χ4v) is 3.11. The van der Waals surface area contributed by atoms with Gasteiger partial charge >= 0.3 is 0 Å². The zero-order valence-corrected chi connectivity index (χ0v) is 17.6. The molecule has 2 aromatic carbocycles. The van der Waals surface area contributed by atoms with Gasteiger partial charge in [-0.25, -0.2) is 4.68 Å². The van der Waals surface area contributed by atoms with Crippen molar-refractivity contribution in [2.24, 2.45) is 0 Å². The average molecular weight is 424 g/mol. The lowest BCUT2D eigenvalue weighted by Crippen LogP contribution is -2.18. The number of carbonyl (C=O) groups is 1. The number of nitro groups is 1. The van der Waals surface area contributed by atoms with Crippen LogP contribution in [0.4, 0.5) is 11.5 Å². The number of carbonyl (C=O) groups excluding carboxylic acids is 1. The molecule has 0 saturated carbocycles. The van der Waals surface area contributed by atoms with Gasteiger partial charge in [-0.3, -0.25) is 14.9 Å². The van der Waals surface area contributed by atoms with Crippen LogP contribution < -0.4 is 14.8 Å². The van der Waals surface area contributed by atoms with E-state index in [-0.39, 0.29) is 22.7 Å². The van der Waals surface area contributed by atoms with E-state index in [2.05, 4.69) is 17.3 Å². The van der Waals surface area contributed by atoms with Gasteiger partial charge in [-0.05, 0) is 24.5 Å². The molecule has 1 heterocycles. The molecule has 0 radical (unpaired) electrons. The lowest BCUT2D eigenvalue weighted by atomic mass is 10.1. The first-order chi connectivity index (χ1) is 15.0. The maximum Gasteiger partial charge on any atom is 0.286 e. The quantitative estimate of drug-likeness (QED) is 0.410. The minimum Gasteiger partial charge on any atom is -0.493 e. The second-order valence-electron chi connectivity index (χ2n) is 6.71. The third kappa shape index (κ3) is 5.00. The van der Waals surface area contributed by atoms with Crippen molar-refractivity contribution in [1.82, 2.24) is 9.78 Å². The maximum atomic E-state index is 12.9. The molecule has 3 aromatic rings. The van der Waals surface area contributed by atoms with E-state index in [0.717, 1.165) is 12.0 Å². The fraction of sp³-hybridized carbons (Fsp3) is 0.273. The van der Waals surface area contributed by atoms with Crippen molar-refractivity contribution in [3.63, 3.8) is 0 Å². The Hall–Kier alpha value is -3.88. The third-order valence-electron chi connectivity index (χ3n) is 4.74. The largest absolute Gasteiger partial charge is 0.493 e. The molecule has 1 N–H and O–H groups in total. The summed E-state index contributed by atoms with van der Waals surface area (Å²) < 4.78 is 12.2. The number of hydrogen-bond donors (Lipinski definition) is 1. The normalized spacial score (nSPS) is 10.5. The van der Waals surface area contributed by atoms with Crippen molar-refractivity contribution in [2.75, 3.05) is 19.0 Å². The van der Waals surface area contributed by atoms with Gasteiger partial charge in [0.15, 0.2) is 11.5 Å². The van der Waals surface area contributed by atoms with E-state index in [1.165, 1.54) is 24.8 Å². The van der Waals surface area contributed by atoms with Crippen molar-refractivity contribution < 1.29 is 19.2 Å². The highest BCUT2D eigenvalue weighted by molar-refractivity contribution is 6.07. The Bertz CT molecular complexity index is 1080. The van der Waals surface area contributed by atoms with Gasteiger partial charge in [0, 0.05) is 12.1 Å². The Morgan fingerprint density at radius 3 is 2.45 bits per heavy atom. The van der Waals surface area contributed by atoms with Crippen molar-refractivity contribution in [3.8, 4) is 11.5 Å². The molecule has 1 aromatic heterocycles. The molecule has 9 nitrogen and oxygen atoms in total. The van der Waals surface area contributed by atoms with Gasteiger partial charge in [0.25, 0.3) is 11.6 Å². The van der Waals surface area contributed by atoms with Gasteiger partial charge in [0.2, 0.25) is 0 Å². The summed E-state index contributed by atoms with van der Waals surface area (Å²) in [5, 5.41) is 18.5. The number of rotatable bonds is 9. The van der Waals surface area contributed by atoms with Gasteiger partial charge in [0.05, 0.1) is 37.4 Å². The molecule has 0 aliphatic rings. The van der Waals surface area contributed by atoms with E-state index in [9.17, 15) is 14.9 Å². The predicted molar refractivity (Wildman–Crippen MR) is 116 cm³/mol. The number of aromatic nitrogens is 2. The number of methoxy groups -OCH3 is 1. The van der Waals surface area contributed by atoms with Crippen LogP contribution >= 0.6 is 0 Å². The third-order valence-corrected chi connectivity index (χ3v) is 4.74. The Balaban J connectivity index is 1.86. The number of amides is 1. The average Bonchev–Trinajstić information content (AvgIpc) is 3.20. The summed E-state index contributed by atoms with van der Waals surface area (Å²) in [5.41, 5.74) is 1.74. The van der Waals surface area contributed by atoms with E-state index < -0.39 is 10.8 Å². The Labute approximate surface area is 179 Å². The topological polar surface area (TPSA) is 109 Å². The van der Waals surface area contributed by atoms with Crippen LogP contribution in [0, 0.1) is 10.1 Å². The van der Waals surface area contributed by atoms with E-state index in [1.54, 1.807) is 23.9 Å². The molecule has 0 aliphatic carbocycles. The van der Waals surface area contributed by atoms with E-state index in [4.69, 9.17) is 9.47 Å². The van der Waals surface area contributed by atoms with E-state index >= 15 is 0 Å². The summed E-state index contributed by atoms with van der Waals surface area (Å²) in [6.45, 7) is 4.59. The first-order valence-corrected chi connectivity index (χ1v) is 9.87. The van der Waals surface area contributed by atoms with Crippen LogP contribution in [0.1, 0.15) is 35.3 Å². The van der Waals surface area contributed by atoms with Crippen LogP contribution in [-0.2, 0) is 13.0 Å². The summed E-state index contributed by atoms with van der Waals surface area (Å²) >= 11 is 0. The second-order valence-corrected chi connectivity index (χ2v) is 6.71. The Kier molecular flexibility index (Phi) is 6.86. The van der Waals surface area contributed by atoms with E-state index in [0.29, 0.717) is 19.0 Å². The molecule has 0 saturated heterocycles. The fourth-order valence-electron chi connectivity index (χ4n) is 3.11. The van der Waals surface area contributed by atoms with Crippen LogP contribution in [0.25, 0.3) is 0 Å². The molecule has 0 unspecified atom stereocenters. The number of ether oxygens (including phenoxy) is 2. The first-order valence-electron chi connectivity index (χ1n) is 9.87. The summed E-state index contributed by atoms with van der Waals surface area (Å²) in [6, 6.07) is 12.3. The lowest BCUT2D eigenvalue weighted by Gasteiger charge is -2.13. The molecule has 162 valence electrons. The summed E-state index contributed by atoms with van der Waals surface area (Å²) in [4.78, 5) is 23.8. The maximum absolute atomic E-state index is 12.9. The molecule has 0 aliphatic heterocycles. The van der Waals surface area contributed by atoms with Crippen molar-refractivity contribution in [3.05, 3.63) is 75.5 Å². The molecular formula is C22H24N4O5. The van der Waals surface area contributed by atoms with Crippen LogP contribution in [0.2, 0.25) is 0 Å². The molecule has 0 atom stereocenters. The number of aryl methyl sites for hydroxylation is 1. The van der Waals surface area contributed by atoms with Gasteiger partial charge < -0.3 is 14.8 Å².